The fourth-order valence-corrected chi connectivity index (χ4v) is 2.51. The lowest BCUT2D eigenvalue weighted by atomic mass is 9.71. The van der Waals surface area contributed by atoms with Crippen LogP contribution in [0.4, 0.5) is 0 Å². The maximum Gasteiger partial charge on any atom is 0.330 e. The molecule has 2 rings (SSSR count). The van der Waals surface area contributed by atoms with Crippen molar-refractivity contribution in [2.45, 2.75) is 25.9 Å². The minimum atomic E-state index is -1.07. The van der Waals surface area contributed by atoms with Crippen LogP contribution in [0, 0.1) is 11.3 Å². The van der Waals surface area contributed by atoms with Crippen molar-refractivity contribution in [1.29, 1.82) is 0 Å². The van der Waals surface area contributed by atoms with Crippen LogP contribution in [0.15, 0.2) is 24.8 Å². The van der Waals surface area contributed by atoms with Crippen LogP contribution >= 0.6 is 0 Å². The van der Waals surface area contributed by atoms with Crippen molar-refractivity contribution < 1.29 is 33.3 Å². The molecule has 0 amide bonds. The van der Waals surface area contributed by atoms with Crippen LogP contribution in [0.1, 0.15) is 19.8 Å². The Morgan fingerprint density at radius 2 is 2.00 bits per heavy atom. The van der Waals surface area contributed by atoms with Crippen LogP contribution < -0.4 is 0 Å². The van der Waals surface area contributed by atoms with Gasteiger partial charge in [-0.05, 0) is 19.8 Å². The number of carbonyl (C=O) groups excluding carboxylic acids is 3. The minimum Gasteiger partial charge on any atom is -0.462 e. The Morgan fingerprint density at radius 1 is 1.29 bits per heavy atom. The molecule has 1 aliphatic carbocycles. The van der Waals surface area contributed by atoms with E-state index < -0.39 is 29.2 Å². The highest BCUT2D eigenvalue weighted by Crippen LogP contribution is 2.38. The fraction of sp³-hybridized carbons (Fsp3) is 0.588. The molecule has 0 spiro atoms. The predicted octanol–water partition coefficient (Wildman–Crippen LogP) is 1.17. The van der Waals surface area contributed by atoms with Gasteiger partial charge in [-0.2, -0.15) is 0 Å². The molecular formula is C17H22O7. The second kappa shape index (κ2) is 8.10. The maximum absolute atomic E-state index is 12.4. The van der Waals surface area contributed by atoms with Crippen LogP contribution in [0.3, 0.4) is 0 Å². The normalized spacial score (nSPS) is 27.9. The third-order valence-electron chi connectivity index (χ3n) is 4.08. The molecule has 2 aliphatic rings. The first-order chi connectivity index (χ1) is 11.5. The first-order valence-electron chi connectivity index (χ1n) is 7.89. The zero-order valence-corrected chi connectivity index (χ0v) is 13.7. The molecule has 3 unspecified atom stereocenters. The summed E-state index contributed by atoms with van der Waals surface area (Å²) in [5.74, 6) is -2.18. The molecule has 0 saturated carbocycles. The molecule has 7 heteroatoms. The van der Waals surface area contributed by atoms with Gasteiger partial charge in [0.05, 0.1) is 17.9 Å². The molecule has 1 heterocycles. The number of allylic oxidation sites excluding steroid dienone is 1. The van der Waals surface area contributed by atoms with Crippen LogP contribution in [0.5, 0.6) is 0 Å². The largest absolute Gasteiger partial charge is 0.462 e. The fourth-order valence-electron chi connectivity index (χ4n) is 2.51. The molecule has 24 heavy (non-hydrogen) atoms. The number of esters is 3. The number of hydrogen-bond donors (Lipinski definition) is 0. The Morgan fingerprint density at radius 3 is 2.67 bits per heavy atom. The molecule has 0 radical (unpaired) electrons. The highest BCUT2D eigenvalue weighted by Gasteiger charge is 2.47. The Balaban J connectivity index is 1.88. The maximum atomic E-state index is 12.4. The van der Waals surface area contributed by atoms with Crippen molar-refractivity contribution in [3.63, 3.8) is 0 Å². The molecule has 1 fully saturated rings. The van der Waals surface area contributed by atoms with E-state index in [0.29, 0.717) is 19.4 Å². The minimum absolute atomic E-state index is 0.0323. The second-order valence-electron chi connectivity index (χ2n) is 5.91. The summed E-state index contributed by atoms with van der Waals surface area (Å²) in [5, 5.41) is 0. The van der Waals surface area contributed by atoms with E-state index in [1.54, 1.807) is 13.0 Å². The van der Waals surface area contributed by atoms with E-state index in [9.17, 15) is 14.4 Å². The molecular weight excluding hydrogens is 316 g/mol. The topological polar surface area (TPSA) is 91.4 Å². The number of hydrogen-bond acceptors (Lipinski definition) is 7. The Bertz CT molecular complexity index is 535. The molecule has 1 saturated heterocycles. The SMILES string of the molecule is C=CC(=O)OCCOC(=O)C1CCC=CC1(C)C(=O)OCC1CO1. The van der Waals surface area contributed by atoms with Gasteiger partial charge in [0, 0.05) is 6.08 Å². The van der Waals surface area contributed by atoms with Gasteiger partial charge in [0.1, 0.15) is 25.9 Å². The summed E-state index contributed by atoms with van der Waals surface area (Å²) in [6.45, 7) is 5.60. The number of epoxide rings is 1. The molecule has 3 atom stereocenters. The van der Waals surface area contributed by atoms with Gasteiger partial charge in [0.15, 0.2) is 0 Å². The molecule has 0 aromatic carbocycles. The van der Waals surface area contributed by atoms with Gasteiger partial charge in [0.2, 0.25) is 0 Å². The quantitative estimate of drug-likeness (QED) is 0.164. The highest BCUT2D eigenvalue weighted by molar-refractivity contribution is 5.87. The van der Waals surface area contributed by atoms with Crippen molar-refractivity contribution in [3.8, 4) is 0 Å². The van der Waals surface area contributed by atoms with Gasteiger partial charge < -0.3 is 18.9 Å². The Hall–Kier alpha value is -2.15. The Kier molecular flexibility index (Phi) is 6.14. The van der Waals surface area contributed by atoms with E-state index >= 15 is 0 Å². The predicted molar refractivity (Wildman–Crippen MR) is 82.8 cm³/mol. The third-order valence-corrected chi connectivity index (χ3v) is 4.08. The first-order valence-corrected chi connectivity index (χ1v) is 7.89. The molecule has 7 nitrogen and oxygen atoms in total. The van der Waals surface area contributed by atoms with E-state index in [1.165, 1.54) is 0 Å². The molecule has 0 aromatic rings. The summed E-state index contributed by atoms with van der Waals surface area (Å²) >= 11 is 0. The van der Waals surface area contributed by atoms with E-state index in [-0.39, 0.29) is 25.9 Å². The summed E-state index contributed by atoms with van der Waals surface area (Å²) in [4.78, 5) is 35.7. The summed E-state index contributed by atoms with van der Waals surface area (Å²) in [5.41, 5.74) is -1.07. The monoisotopic (exact) mass is 338 g/mol. The van der Waals surface area contributed by atoms with Crippen molar-refractivity contribution >= 4 is 17.9 Å². The standard InChI is InChI=1S/C17H22O7/c1-3-14(18)21-8-9-22-15(19)13-6-4-5-7-17(13,2)16(20)24-11-12-10-23-12/h3,5,7,12-13H,1,4,6,8-11H2,2H3. The molecule has 1 aliphatic heterocycles. The summed E-state index contributed by atoms with van der Waals surface area (Å²) in [6.07, 6.45) is 5.74. The van der Waals surface area contributed by atoms with E-state index in [4.69, 9.17) is 18.9 Å². The summed E-state index contributed by atoms with van der Waals surface area (Å²) in [6, 6.07) is 0. The summed E-state index contributed by atoms with van der Waals surface area (Å²) < 4.78 is 20.2. The van der Waals surface area contributed by atoms with Crippen LogP contribution in [0.2, 0.25) is 0 Å². The first kappa shape index (κ1) is 18.2. The average molecular weight is 338 g/mol. The van der Waals surface area contributed by atoms with Crippen LogP contribution in [-0.4, -0.2) is 50.4 Å². The van der Waals surface area contributed by atoms with Crippen molar-refractivity contribution in [2.75, 3.05) is 26.4 Å². The third kappa shape index (κ3) is 4.67. The zero-order chi connectivity index (χ0) is 17.6. The van der Waals surface area contributed by atoms with Gasteiger partial charge in [-0.25, -0.2) is 4.79 Å². The lowest BCUT2D eigenvalue weighted by molar-refractivity contribution is -0.167. The van der Waals surface area contributed by atoms with Crippen molar-refractivity contribution in [3.05, 3.63) is 24.8 Å². The van der Waals surface area contributed by atoms with E-state index in [1.807, 2.05) is 6.08 Å². The van der Waals surface area contributed by atoms with Gasteiger partial charge in [-0.3, -0.25) is 9.59 Å². The average Bonchev–Trinajstić information content (AvgIpc) is 3.40. The number of carbonyl (C=O) groups is 3. The van der Waals surface area contributed by atoms with Gasteiger partial charge in [-0.1, -0.05) is 18.7 Å². The Labute approximate surface area is 140 Å². The number of rotatable bonds is 8. The van der Waals surface area contributed by atoms with Crippen molar-refractivity contribution in [1.82, 2.24) is 0 Å². The molecule has 0 N–H and O–H groups in total. The van der Waals surface area contributed by atoms with Crippen LogP contribution in [-0.2, 0) is 33.3 Å². The van der Waals surface area contributed by atoms with Gasteiger partial charge >= 0.3 is 17.9 Å². The van der Waals surface area contributed by atoms with E-state index in [0.717, 1.165) is 6.08 Å². The highest BCUT2D eigenvalue weighted by atomic mass is 16.6. The molecule has 132 valence electrons. The zero-order valence-electron chi connectivity index (χ0n) is 13.7. The lowest BCUT2D eigenvalue weighted by Crippen LogP contribution is -2.42. The number of ether oxygens (including phenoxy) is 4. The van der Waals surface area contributed by atoms with Gasteiger partial charge in [-0.15, -0.1) is 0 Å². The van der Waals surface area contributed by atoms with Crippen LogP contribution in [0.25, 0.3) is 0 Å². The van der Waals surface area contributed by atoms with E-state index in [2.05, 4.69) is 6.58 Å². The second-order valence-corrected chi connectivity index (χ2v) is 5.91. The lowest BCUT2D eigenvalue weighted by Gasteiger charge is -2.33. The van der Waals surface area contributed by atoms with Gasteiger partial charge in [0.25, 0.3) is 0 Å². The molecule has 0 bridgehead atoms. The van der Waals surface area contributed by atoms with Crippen molar-refractivity contribution in [2.24, 2.45) is 11.3 Å². The summed E-state index contributed by atoms with van der Waals surface area (Å²) in [7, 11) is 0. The molecule has 0 aromatic heterocycles. The smallest absolute Gasteiger partial charge is 0.330 e.